The summed E-state index contributed by atoms with van der Waals surface area (Å²) in [6.45, 7) is 1.59. The van der Waals surface area contributed by atoms with E-state index in [0.717, 1.165) is 23.6 Å². The first kappa shape index (κ1) is 20.9. The zero-order valence-corrected chi connectivity index (χ0v) is 17.3. The number of urea groups is 1. The molecule has 0 aliphatic carbocycles. The highest BCUT2D eigenvalue weighted by Gasteiger charge is 2.42. The average molecular weight is 444 g/mol. The third-order valence-electron chi connectivity index (χ3n) is 5.22. The van der Waals surface area contributed by atoms with Gasteiger partial charge < -0.3 is 15.4 Å². The van der Waals surface area contributed by atoms with Gasteiger partial charge in [-0.2, -0.15) is 0 Å². The van der Waals surface area contributed by atoms with E-state index in [4.69, 9.17) is 16.3 Å². The zero-order chi connectivity index (χ0) is 22.1. The fraction of sp³-hybridized carbons (Fsp3) is 0.227. The molecule has 3 amide bonds. The number of esters is 1. The predicted molar refractivity (Wildman–Crippen MR) is 112 cm³/mol. The number of benzene rings is 2. The van der Waals surface area contributed by atoms with E-state index in [9.17, 15) is 18.8 Å². The molecule has 7 nitrogen and oxygen atoms in total. The molecule has 2 aromatic carbocycles. The Balaban J connectivity index is 1.57. The van der Waals surface area contributed by atoms with E-state index in [-0.39, 0.29) is 23.9 Å². The number of anilines is 1. The lowest BCUT2D eigenvalue weighted by molar-refractivity contribution is -0.136. The maximum absolute atomic E-state index is 13.3. The molecule has 0 fully saturated rings. The lowest BCUT2D eigenvalue weighted by atomic mass is 9.94. The molecule has 0 saturated carbocycles. The second kappa shape index (κ2) is 8.39. The minimum Gasteiger partial charge on any atom is -0.456 e. The summed E-state index contributed by atoms with van der Waals surface area (Å²) in [6.07, 6.45) is 0.870. The number of nitrogens with zero attached hydrogens (tertiary/aromatic N) is 1. The monoisotopic (exact) mass is 443 g/mol. The van der Waals surface area contributed by atoms with Crippen LogP contribution in [0.3, 0.4) is 0 Å². The number of halogens is 2. The van der Waals surface area contributed by atoms with Gasteiger partial charge in [-0.15, -0.1) is 0 Å². The highest BCUT2D eigenvalue weighted by Crippen LogP contribution is 2.35. The minimum atomic E-state index is -0.654. The van der Waals surface area contributed by atoms with E-state index in [1.165, 1.54) is 17.0 Å². The first-order chi connectivity index (χ1) is 14.9. The molecule has 31 heavy (non-hydrogen) atoms. The van der Waals surface area contributed by atoms with Crippen molar-refractivity contribution in [3.05, 3.63) is 75.7 Å². The highest BCUT2D eigenvalue weighted by molar-refractivity contribution is 6.31. The third kappa shape index (κ3) is 4.11. The Hall–Kier alpha value is -3.39. The van der Waals surface area contributed by atoms with Crippen LogP contribution in [-0.2, 0) is 20.7 Å². The van der Waals surface area contributed by atoms with Crippen LogP contribution in [0.2, 0.25) is 5.02 Å². The van der Waals surface area contributed by atoms with Crippen molar-refractivity contribution in [3.63, 3.8) is 0 Å². The Bertz CT molecular complexity index is 1100. The standard InChI is InChI=1S/C22H19ClFN3O4/c1-2-12-3-5-13(6-4-12)20-19-17(11-31-21(19)29)27(22(30)26-20)10-18(28)25-14-7-8-16(24)15(23)9-14/h3-9,20H,2,10-11H2,1H3,(H,25,28)(H,26,30). The van der Waals surface area contributed by atoms with Gasteiger partial charge in [0, 0.05) is 5.69 Å². The molecule has 0 spiro atoms. The van der Waals surface area contributed by atoms with Crippen LogP contribution in [0.5, 0.6) is 0 Å². The van der Waals surface area contributed by atoms with Gasteiger partial charge in [0.2, 0.25) is 5.91 Å². The molecule has 0 aromatic heterocycles. The van der Waals surface area contributed by atoms with Crippen LogP contribution in [0.25, 0.3) is 0 Å². The summed E-state index contributed by atoms with van der Waals surface area (Å²) in [7, 11) is 0. The van der Waals surface area contributed by atoms with Crippen LogP contribution in [0, 0.1) is 5.82 Å². The highest BCUT2D eigenvalue weighted by atomic mass is 35.5. The molecule has 2 aliphatic heterocycles. The number of amides is 3. The Morgan fingerprint density at radius 2 is 2.00 bits per heavy atom. The summed E-state index contributed by atoms with van der Waals surface area (Å²) in [4.78, 5) is 38.9. The van der Waals surface area contributed by atoms with Gasteiger partial charge in [-0.05, 0) is 35.7 Å². The molecule has 1 unspecified atom stereocenters. The summed E-state index contributed by atoms with van der Waals surface area (Å²) >= 11 is 5.73. The van der Waals surface area contributed by atoms with E-state index >= 15 is 0 Å². The van der Waals surface area contributed by atoms with Crippen molar-refractivity contribution in [2.75, 3.05) is 18.5 Å². The molecule has 2 aromatic rings. The van der Waals surface area contributed by atoms with E-state index in [1.54, 1.807) is 0 Å². The van der Waals surface area contributed by atoms with Gasteiger partial charge in [0.05, 0.1) is 22.3 Å². The van der Waals surface area contributed by atoms with E-state index in [0.29, 0.717) is 11.3 Å². The lowest BCUT2D eigenvalue weighted by Crippen LogP contribution is -2.49. The SMILES string of the molecule is CCc1ccc(C2NC(=O)N(CC(=O)Nc3ccc(F)c(Cl)c3)C3=C2C(=O)OC3)cc1. The summed E-state index contributed by atoms with van der Waals surface area (Å²) in [5, 5.41) is 5.22. The quantitative estimate of drug-likeness (QED) is 0.692. The first-order valence-corrected chi connectivity index (χ1v) is 10.1. The Kier molecular flexibility index (Phi) is 5.65. The molecule has 0 saturated heterocycles. The fourth-order valence-electron chi connectivity index (χ4n) is 3.59. The normalized spacial score (nSPS) is 17.9. The van der Waals surface area contributed by atoms with Crippen molar-refractivity contribution in [2.24, 2.45) is 0 Å². The van der Waals surface area contributed by atoms with Crippen molar-refractivity contribution in [1.82, 2.24) is 10.2 Å². The van der Waals surface area contributed by atoms with Gasteiger partial charge in [0.1, 0.15) is 19.0 Å². The second-order valence-electron chi connectivity index (χ2n) is 7.18. The zero-order valence-electron chi connectivity index (χ0n) is 16.6. The number of hydrogen-bond donors (Lipinski definition) is 2. The second-order valence-corrected chi connectivity index (χ2v) is 7.58. The van der Waals surface area contributed by atoms with E-state index in [1.807, 2.05) is 31.2 Å². The molecule has 2 N–H and O–H groups in total. The maximum Gasteiger partial charge on any atom is 0.338 e. The van der Waals surface area contributed by atoms with Crippen molar-refractivity contribution >= 4 is 35.2 Å². The van der Waals surface area contributed by atoms with Gasteiger partial charge >= 0.3 is 12.0 Å². The molecule has 4 rings (SSSR count). The average Bonchev–Trinajstić information content (AvgIpc) is 3.14. The molecule has 0 bridgehead atoms. The van der Waals surface area contributed by atoms with Gasteiger partial charge in [-0.3, -0.25) is 9.69 Å². The number of cyclic esters (lactones) is 1. The largest absolute Gasteiger partial charge is 0.456 e. The lowest BCUT2D eigenvalue weighted by Gasteiger charge is -2.32. The Morgan fingerprint density at radius 1 is 1.26 bits per heavy atom. The van der Waals surface area contributed by atoms with E-state index in [2.05, 4.69) is 10.6 Å². The number of carbonyl (C=O) groups excluding carboxylic acids is 3. The summed E-state index contributed by atoms with van der Waals surface area (Å²) < 4.78 is 18.5. The summed E-state index contributed by atoms with van der Waals surface area (Å²) in [6, 6.07) is 10.2. The van der Waals surface area contributed by atoms with Crippen LogP contribution in [0.4, 0.5) is 14.9 Å². The number of nitrogens with one attached hydrogen (secondary N) is 2. The molecule has 160 valence electrons. The van der Waals surface area contributed by atoms with Crippen molar-refractivity contribution in [2.45, 2.75) is 19.4 Å². The number of carbonyl (C=O) groups is 3. The van der Waals surface area contributed by atoms with Crippen molar-refractivity contribution in [1.29, 1.82) is 0 Å². The van der Waals surface area contributed by atoms with Crippen molar-refractivity contribution in [3.8, 4) is 0 Å². The summed E-state index contributed by atoms with van der Waals surface area (Å²) in [5.41, 5.74) is 2.83. The number of aryl methyl sites for hydroxylation is 1. The van der Waals surface area contributed by atoms with Crippen LogP contribution in [-0.4, -0.2) is 36.0 Å². The smallest absolute Gasteiger partial charge is 0.338 e. The number of ether oxygens (including phenoxy) is 1. The van der Waals surface area contributed by atoms with Gasteiger partial charge in [-0.25, -0.2) is 14.0 Å². The molecule has 9 heteroatoms. The molecule has 2 heterocycles. The van der Waals surface area contributed by atoms with Gasteiger partial charge in [0.25, 0.3) is 0 Å². The van der Waals surface area contributed by atoms with Crippen LogP contribution < -0.4 is 10.6 Å². The molecule has 1 atom stereocenters. The van der Waals surface area contributed by atoms with Gasteiger partial charge in [-0.1, -0.05) is 42.8 Å². The predicted octanol–water partition coefficient (Wildman–Crippen LogP) is 3.56. The number of rotatable bonds is 5. The minimum absolute atomic E-state index is 0.0964. The number of hydrogen-bond acceptors (Lipinski definition) is 4. The van der Waals surface area contributed by atoms with Crippen LogP contribution in [0.1, 0.15) is 24.1 Å². The third-order valence-corrected chi connectivity index (χ3v) is 5.51. The Morgan fingerprint density at radius 3 is 2.68 bits per heavy atom. The Labute approximate surface area is 182 Å². The molecular weight excluding hydrogens is 425 g/mol. The maximum atomic E-state index is 13.3. The van der Waals surface area contributed by atoms with Crippen molar-refractivity contribution < 1.29 is 23.5 Å². The van der Waals surface area contributed by atoms with Crippen LogP contribution in [0.15, 0.2) is 53.7 Å². The first-order valence-electron chi connectivity index (χ1n) is 9.69. The fourth-order valence-corrected chi connectivity index (χ4v) is 3.77. The summed E-state index contributed by atoms with van der Waals surface area (Å²) in [5.74, 6) is -1.67. The van der Waals surface area contributed by atoms with E-state index < -0.39 is 29.8 Å². The molecule has 2 aliphatic rings. The van der Waals surface area contributed by atoms with Gasteiger partial charge in [0.15, 0.2) is 0 Å². The van der Waals surface area contributed by atoms with Crippen LogP contribution >= 0.6 is 11.6 Å². The molecule has 0 radical (unpaired) electrons. The molecular formula is C22H19ClFN3O4. The topological polar surface area (TPSA) is 87.7 Å².